The average Bonchev–Trinajstić information content (AvgIpc) is 2.77. The molecule has 1 atom stereocenters. The van der Waals surface area contributed by atoms with Crippen LogP contribution < -0.4 is 5.32 Å². The van der Waals surface area contributed by atoms with Crippen molar-refractivity contribution >= 4 is 46.8 Å². The zero-order valence-electron chi connectivity index (χ0n) is 18.4. The second-order valence-electron chi connectivity index (χ2n) is 7.41. The summed E-state index contributed by atoms with van der Waals surface area (Å²) in [4.78, 5) is 27.6. The van der Waals surface area contributed by atoms with Gasteiger partial charge in [-0.05, 0) is 48.2 Å². The second-order valence-corrected chi connectivity index (χ2v) is 9.21. The fraction of sp³-hybridized carbons (Fsp3) is 0.417. The van der Waals surface area contributed by atoms with Crippen LogP contribution in [-0.2, 0) is 21.9 Å². The van der Waals surface area contributed by atoms with E-state index in [4.69, 9.17) is 23.2 Å². The Labute approximate surface area is 203 Å². The minimum absolute atomic E-state index is 0.167. The molecular weight excluding hydrogens is 470 g/mol. The van der Waals surface area contributed by atoms with Gasteiger partial charge in [0.2, 0.25) is 11.8 Å². The molecule has 0 fully saturated rings. The third kappa shape index (κ3) is 7.98. The highest BCUT2D eigenvalue weighted by Crippen LogP contribution is 2.28. The maximum Gasteiger partial charge on any atom is 0.242 e. The molecule has 1 N–H and O–H groups in total. The number of halogens is 3. The maximum atomic E-state index is 13.3. The van der Waals surface area contributed by atoms with Crippen molar-refractivity contribution in [2.45, 2.75) is 51.4 Å². The van der Waals surface area contributed by atoms with Gasteiger partial charge in [0.15, 0.2) is 0 Å². The Hall–Kier alpha value is -1.76. The van der Waals surface area contributed by atoms with Crippen LogP contribution in [0.15, 0.2) is 42.5 Å². The van der Waals surface area contributed by atoms with E-state index in [9.17, 15) is 14.0 Å². The Morgan fingerprint density at radius 1 is 1.09 bits per heavy atom. The summed E-state index contributed by atoms with van der Waals surface area (Å²) in [5.74, 6) is -0.0333. The van der Waals surface area contributed by atoms with E-state index in [0.29, 0.717) is 28.8 Å². The van der Waals surface area contributed by atoms with Crippen molar-refractivity contribution < 1.29 is 14.0 Å². The van der Waals surface area contributed by atoms with E-state index in [-0.39, 0.29) is 29.9 Å². The van der Waals surface area contributed by atoms with Crippen LogP contribution in [-0.4, -0.2) is 35.1 Å². The standard InChI is InChI=1S/C24H29Cl2FN2O2S/c1-3-5-13-28-24(31)22(4-2)29(14-17-9-11-18(27)12-10-17)23(30)16-32-15-19-20(25)7-6-8-21(19)26/h6-12,22H,3-5,13-16H2,1-2H3,(H,28,31). The molecule has 0 aliphatic carbocycles. The van der Waals surface area contributed by atoms with E-state index in [0.717, 1.165) is 24.0 Å². The number of nitrogens with one attached hydrogen (secondary N) is 1. The zero-order chi connectivity index (χ0) is 23.5. The molecular formula is C24H29Cl2FN2O2S. The van der Waals surface area contributed by atoms with E-state index in [1.54, 1.807) is 35.2 Å². The average molecular weight is 499 g/mol. The molecule has 174 valence electrons. The summed E-state index contributed by atoms with van der Waals surface area (Å²) in [6, 6.07) is 10.7. The highest BCUT2D eigenvalue weighted by atomic mass is 35.5. The molecule has 0 aromatic heterocycles. The first-order valence-corrected chi connectivity index (χ1v) is 12.6. The molecule has 32 heavy (non-hydrogen) atoms. The number of carbonyl (C=O) groups is 2. The molecule has 0 spiro atoms. The number of amides is 2. The van der Waals surface area contributed by atoms with Crippen LogP contribution in [0.5, 0.6) is 0 Å². The predicted molar refractivity (Wildman–Crippen MR) is 132 cm³/mol. The van der Waals surface area contributed by atoms with Gasteiger partial charge < -0.3 is 10.2 Å². The number of benzene rings is 2. The molecule has 8 heteroatoms. The lowest BCUT2D eigenvalue weighted by Gasteiger charge is -2.30. The van der Waals surface area contributed by atoms with Gasteiger partial charge in [0.25, 0.3) is 0 Å². The first kappa shape index (κ1) is 26.5. The largest absolute Gasteiger partial charge is 0.354 e. The highest BCUT2D eigenvalue weighted by Gasteiger charge is 2.28. The van der Waals surface area contributed by atoms with E-state index in [2.05, 4.69) is 12.2 Å². The number of rotatable bonds is 12. The molecule has 0 saturated heterocycles. The van der Waals surface area contributed by atoms with Crippen molar-refractivity contribution in [1.29, 1.82) is 0 Å². The number of unbranched alkanes of at least 4 members (excludes halogenated alkanes) is 1. The molecule has 0 saturated carbocycles. The lowest BCUT2D eigenvalue weighted by atomic mass is 10.1. The van der Waals surface area contributed by atoms with Gasteiger partial charge in [-0.2, -0.15) is 0 Å². The number of carbonyl (C=O) groups excluding carboxylic acids is 2. The Bertz CT molecular complexity index is 876. The van der Waals surface area contributed by atoms with Gasteiger partial charge >= 0.3 is 0 Å². The lowest BCUT2D eigenvalue weighted by molar-refractivity contribution is -0.139. The van der Waals surface area contributed by atoms with Crippen LogP contribution in [0, 0.1) is 5.82 Å². The lowest BCUT2D eigenvalue weighted by Crippen LogP contribution is -2.49. The van der Waals surface area contributed by atoms with E-state index in [1.807, 2.05) is 6.92 Å². The van der Waals surface area contributed by atoms with Crippen LogP contribution in [0.1, 0.15) is 44.2 Å². The van der Waals surface area contributed by atoms with Crippen LogP contribution >= 0.6 is 35.0 Å². The molecule has 0 aliphatic rings. The number of nitrogens with zero attached hydrogens (tertiary/aromatic N) is 1. The van der Waals surface area contributed by atoms with Crippen molar-refractivity contribution in [2.24, 2.45) is 0 Å². The SMILES string of the molecule is CCCCNC(=O)C(CC)N(Cc1ccc(F)cc1)C(=O)CSCc1c(Cl)cccc1Cl. The monoisotopic (exact) mass is 498 g/mol. The third-order valence-corrected chi connectivity index (χ3v) is 6.67. The summed E-state index contributed by atoms with van der Waals surface area (Å²) in [6.07, 6.45) is 2.32. The molecule has 1 unspecified atom stereocenters. The van der Waals surface area contributed by atoms with Crippen molar-refractivity contribution in [3.05, 3.63) is 69.5 Å². The van der Waals surface area contributed by atoms with Gasteiger partial charge in [0.1, 0.15) is 11.9 Å². The van der Waals surface area contributed by atoms with Crippen LogP contribution in [0.2, 0.25) is 10.0 Å². The molecule has 2 amide bonds. The van der Waals surface area contributed by atoms with Gasteiger partial charge in [-0.25, -0.2) is 4.39 Å². The van der Waals surface area contributed by atoms with Crippen LogP contribution in [0.3, 0.4) is 0 Å². The van der Waals surface area contributed by atoms with Crippen molar-refractivity contribution in [3.63, 3.8) is 0 Å². The first-order chi connectivity index (χ1) is 15.4. The molecule has 0 bridgehead atoms. The molecule has 0 aliphatic heterocycles. The van der Waals surface area contributed by atoms with Gasteiger partial charge in [0.05, 0.1) is 5.75 Å². The molecule has 2 aromatic rings. The third-order valence-electron chi connectivity index (χ3n) is 5.02. The Morgan fingerprint density at radius 3 is 2.34 bits per heavy atom. The fourth-order valence-corrected chi connectivity index (χ4v) is 4.85. The summed E-state index contributed by atoms with van der Waals surface area (Å²) < 4.78 is 13.3. The number of thioether (sulfide) groups is 1. The summed E-state index contributed by atoms with van der Waals surface area (Å²) >= 11 is 13.8. The Balaban J connectivity index is 2.13. The number of hydrogen-bond acceptors (Lipinski definition) is 3. The summed E-state index contributed by atoms with van der Waals surface area (Å²) in [7, 11) is 0. The smallest absolute Gasteiger partial charge is 0.242 e. The van der Waals surface area contributed by atoms with Gasteiger partial charge in [0, 0.05) is 28.9 Å². The molecule has 4 nitrogen and oxygen atoms in total. The second kappa shape index (κ2) is 13.7. The van der Waals surface area contributed by atoms with E-state index in [1.165, 1.54) is 23.9 Å². The van der Waals surface area contributed by atoms with Gasteiger partial charge in [-0.15, -0.1) is 11.8 Å². The van der Waals surface area contributed by atoms with Gasteiger partial charge in [-0.3, -0.25) is 9.59 Å². The molecule has 2 rings (SSSR count). The number of hydrogen-bond donors (Lipinski definition) is 1. The summed E-state index contributed by atoms with van der Waals surface area (Å²) in [6.45, 7) is 4.73. The maximum absolute atomic E-state index is 13.3. The minimum atomic E-state index is -0.603. The summed E-state index contributed by atoms with van der Waals surface area (Å²) in [5.41, 5.74) is 1.54. The fourth-order valence-electron chi connectivity index (χ4n) is 3.21. The van der Waals surface area contributed by atoms with Crippen LogP contribution in [0.4, 0.5) is 4.39 Å². The molecule has 0 radical (unpaired) electrons. The normalized spacial score (nSPS) is 11.8. The zero-order valence-corrected chi connectivity index (χ0v) is 20.7. The first-order valence-electron chi connectivity index (χ1n) is 10.7. The van der Waals surface area contributed by atoms with Crippen LogP contribution in [0.25, 0.3) is 0 Å². The highest BCUT2D eigenvalue weighted by molar-refractivity contribution is 7.99. The van der Waals surface area contributed by atoms with Crippen molar-refractivity contribution in [3.8, 4) is 0 Å². The topological polar surface area (TPSA) is 49.4 Å². The quantitative estimate of drug-likeness (QED) is 0.360. The molecule has 0 heterocycles. The van der Waals surface area contributed by atoms with Gasteiger partial charge in [-0.1, -0.05) is 61.7 Å². The minimum Gasteiger partial charge on any atom is -0.354 e. The molecule has 2 aromatic carbocycles. The van der Waals surface area contributed by atoms with Crippen molar-refractivity contribution in [2.75, 3.05) is 12.3 Å². The predicted octanol–water partition coefficient (Wildman–Crippen LogP) is 6.09. The van der Waals surface area contributed by atoms with Crippen molar-refractivity contribution in [1.82, 2.24) is 10.2 Å². The van der Waals surface area contributed by atoms with E-state index < -0.39 is 6.04 Å². The Morgan fingerprint density at radius 2 is 1.75 bits per heavy atom. The van der Waals surface area contributed by atoms with E-state index >= 15 is 0 Å². The Kier molecular flexibility index (Phi) is 11.4. The summed E-state index contributed by atoms with van der Waals surface area (Å²) in [5, 5.41) is 4.04.